The lowest BCUT2D eigenvalue weighted by Crippen LogP contribution is -2.16. The van der Waals surface area contributed by atoms with Gasteiger partial charge in [0.05, 0.1) is 12.1 Å². The molecule has 0 aliphatic heterocycles. The summed E-state index contributed by atoms with van der Waals surface area (Å²) in [6, 6.07) is 4.09. The Hall–Kier alpha value is -1.46. The molecule has 19 heavy (non-hydrogen) atoms. The Morgan fingerprint density at radius 3 is 2.95 bits per heavy atom. The first-order chi connectivity index (χ1) is 9.13. The molecule has 2 aromatic rings. The maximum absolute atomic E-state index is 5.77. The van der Waals surface area contributed by atoms with Gasteiger partial charge in [-0.15, -0.1) is 11.3 Å². The zero-order valence-corrected chi connectivity index (χ0v) is 12.7. The Balaban J connectivity index is 2.20. The Bertz CT molecular complexity index is 590. The number of rotatable bonds is 5. The first-order valence-electron chi connectivity index (χ1n) is 6.18. The van der Waals surface area contributed by atoms with Gasteiger partial charge in [-0.1, -0.05) is 19.1 Å². The van der Waals surface area contributed by atoms with Crippen LogP contribution in [0.5, 0.6) is 0 Å². The lowest BCUT2D eigenvalue weighted by molar-refractivity contribution is 1.06. The number of thiocarbonyl (C=S) groups is 1. The molecule has 0 spiro atoms. The SMILES string of the molecule is CCc1ccsc1CNc1nccc(C)c1C(N)=S. The highest BCUT2D eigenvalue weighted by Crippen LogP contribution is 2.21. The van der Waals surface area contributed by atoms with Crippen molar-refractivity contribution in [1.82, 2.24) is 4.98 Å². The number of hydrogen-bond acceptors (Lipinski definition) is 4. The third kappa shape index (κ3) is 3.11. The number of nitrogens with one attached hydrogen (secondary N) is 1. The fraction of sp³-hybridized carbons (Fsp3) is 0.286. The monoisotopic (exact) mass is 291 g/mol. The molecule has 0 atom stereocenters. The van der Waals surface area contributed by atoms with Crippen LogP contribution in [0.1, 0.15) is 28.5 Å². The highest BCUT2D eigenvalue weighted by molar-refractivity contribution is 7.80. The van der Waals surface area contributed by atoms with Crippen molar-refractivity contribution >= 4 is 34.4 Å². The maximum atomic E-state index is 5.77. The maximum Gasteiger partial charge on any atom is 0.136 e. The molecule has 100 valence electrons. The minimum absolute atomic E-state index is 0.384. The van der Waals surface area contributed by atoms with Crippen molar-refractivity contribution in [3.63, 3.8) is 0 Å². The molecule has 0 radical (unpaired) electrons. The Morgan fingerprint density at radius 2 is 2.26 bits per heavy atom. The van der Waals surface area contributed by atoms with E-state index < -0.39 is 0 Å². The van der Waals surface area contributed by atoms with Gasteiger partial charge in [-0.25, -0.2) is 4.98 Å². The average molecular weight is 291 g/mol. The zero-order valence-electron chi connectivity index (χ0n) is 11.1. The summed E-state index contributed by atoms with van der Waals surface area (Å²) in [6.45, 7) is 4.91. The molecule has 2 rings (SSSR count). The van der Waals surface area contributed by atoms with Crippen LogP contribution in [0, 0.1) is 6.92 Å². The fourth-order valence-electron chi connectivity index (χ4n) is 2.00. The molecule has 0 unspecified atom stereocenters. The molecule has 0 bridgehead atoms. The number of anilines is 1. The van der Waals surface area contributed by atoms with Gasteiger partial charge in [0.2, 0.25) is 0 Å². The number of thiophene rings is 1. The van der Waals surface area contributed by atoms with Crippen molar-refractivity contribution in [3.05, 3.63) is 45.3 Å². The number of pyridine rings is 1. The highest BCUT2D eigenvalue weighted by atomic mass is 32.1. The number of nitrogens with zero attached hydrogens (tertiary/aromatic N) is 1. The van der Waals surface area contributed by atoms with Crippen LogP contribution in [0.15, 0.2) is 23.7 Å². The van der Waals surface area contributed by atoms with Gasteiger partial charge >= 0.3 is 0 Å². The molecule has 0 aromatic carbocycles. The van der Waals surface area contributed by atoms with Gasteiger partial charge in [-0.05, 0) is 42.0 Å². The predicted molar refractivity (Wildman–Crippen MR) is 85.9 cm³/mol. The molecular weight excluding hydrogens is 274 g/mol. The van der Waals surface area contributed by atoms with Gasteiger partial charge in [0.25, 0.3) is 0 Å². The second kappa shape index (κ2) is 6.12. The topological polar surface area (TPSA) is 50.9 Å². The van der Waals surface area contributed by atoms with E-state index in [-0.39, 0.29) is 0 Å². The van der Waals surface area contributed by atoms with Crippen LogP contribution in [-0.2, 0) is 13.0 Å². The van der Waals surface area contributed by atoms with Gasteiger partial charge in [-0.2, -0.15) is 0 Å². The molecule has 3 N–H and O–H groups in total. The quantitative estimate of drug-likeness (QED) is 0.830. The van der Waals surface area contributed by atoms with E-state index in [9.17, 15) is 0 Å². The van der Waals surface area contributed by atoms with Crippen molar-refractivity contribution < 1.29 is 0 Å². The van der Waals surface area contributed by atoms with Crippen LogP contribution in [0.2, 0.25) is 0 Å². The molecule has 2 aromatic heterocycles. The summed E-state index contributed by atoms with van der Waals surface area (Å²) in [7, 11) is 0. The van der Waals surface area contributed by atoms with Crippen LogP contribution in [0.4, 0.5) is 5.82 Å². The van der Waals surface area contributed by atoms with E-state index >= 15 is 0 Å². The minimum atomic E-state index is 0.384. The van der Waals surface area contributed by atoms with Crippen molar-refractivity contribution in [1.29, 1.82) is 0 Å². The van der Waals surface area contributed by atoms with E-state index in [0.29, 0.717) is 4.99 Å². The highest BCUT2D eigenvalue weighted by Gasteiger charge is 2.10. The molecule has 2 heterocycles. The Labute approximate surface area is 122 Å². The average Bonchev–Trinajstić information content (AvgIpc) is 2.83. The number of aryl methyl sites for hydroxylation is 2. The van der Waals surface area contributed by atoms with Crippen LogP contribution in [0.3, 0.4) is 0 Å². The minimum Gasteiger partial charge on any atom is -0.389 e. The van der Waals surface area contributed by atoms with E-state index in [2.05, 4.69) is 28.7 Å². The van der Waals surface area contributed by atoms with Crippen molar-refractivity contribution in [2.45, 2.75) is 26.8 Å². The van der Waals surface area contributed by atoms with Gasteiger partial charge in [0.15, 0.2) is 0 Å². The zero-order chi connectivity index (χ0) is 13.8. The van der Waals surface area contributed by atoms with Crippen LogP contribution < -0.4 is 11.1 Å². The van der Waals surface area contributed by atoms with E-state index in [1.165, 1.54) is 10.4 Å². The molecule has 0 fully saturated rings. The summed E-state index contributed by atoms with van der Waals surface area (Å²) < 4.78 is 0. The predicted octanol–water partition coefficient (Wildman–Crippen LogP) is 3.26. The van der Waals surface area contributed by atoms with Gasteiger partial charge in [-0.3, -0.25) is 0 Å². The van der Waals surface area contributed by atoms with Crippen molar-refractivity contribution in [2.75, 3.05) is 5.32 Å². The second-order valence-electron chi connectivity index (χ2n) is 4.29. The lowest BCUT2D eigenvalue weighted by Gasteiger charge is -2.12. The molecule has 3 nitrogen and oxygen atoms in total. The smallest absolute Gasteiger partial charge is 0.136 e. The first-order valence-corrected chi connectivity index (χ1v) is 7.46. The summed E-state index contributed by atoms with van der Waals surface area (Å²) in [6.07, 6.45) is 2.82. The lowest BCUT2D eigenvalue weighted by atomic mass is 10.1. The van der Waals surface area contributed by atoms with Crippen LogP contribution >= 0.6 is 23.6 Å². The van der Waals surface area contributed by atoms with Gasteiger partial charge in [0.1, 0.15) is 10.8 Å². The summed E-state index contributed by atoms with van der Waals surface area (Å²) in [5, 5.41) is 5.46. The third-order valence-corrected chi connectivity index (χ3v) is 4.21. The molecule has 5 heteroatoms. The standard InChI is InChI=1S/C14H17N3S2/c1-3-10-5-7-19-11(10)8-17-14-12(13(15)18)9(2)4-6-16-14/h4-7H,3,8H2,1-2H3,(H2,15,18)(H,16,17). The fourth-order valence-corrected chi connectivity index (χ4v) is 3.18. The summed E-state index contributed by atoms with van der Waals surface area (Å²) in [4.78, 5) is 6.06. The molecule has 0 saturated carbocycles. The summed E-state index contributed by atoms with van der Waals surface area (Å²) >= 11 is 6.86. The molecule has 0 saturated heterocycles. The largest absolute Gasteiger partial charge is 0.389 e. The molecule has 0 aliphatic carbocycles. The number of nitrogens with two attached hydrogens (primary N) is 1. The van der Waals surface area contributed by atoms with Gasteiger partial charge < -0.3 is 11.1 Å². The third-order valence-electron chi connectivity index (χ3n) is 3.04. The molecule has 0 aliphatic rings. The van der Waals surface area contributed by atoms with Crippen molar-refractivity contribution in [3.8, 4) is 0 Å². The Morgan fingerprint density at radius 1 is 1.47 bits per heavy atom. The van der Waals surface area contributed by atoms with Crippen LogP contribution in [-0.4, -0.2) is 9.97 Å². The van der Waals surface area contributed by atoms with E-state index in [1.54, 1.807) is 17.5 Å². The molecule has 0 amide bonds. The Kier molecular flexibility index (Phi) is 4.50. The van der Waals surface area contributed by atoms with Gasteiger partial charge in [0, 0.05) is 11.1 Å². The summed E-state index contributed by atoms with van der Waals surface area (Å²) in [5.74, 6) is 0.767. The number of hydrogen-bond donors (Lipinski definition) is 2. The summed E-state index contributed by atoms with van der Waals surface area (Å²) in [5.41, 5.74) is 9.04. The van der Waals surface area contributed by atoms with Crippen LogP contribution in [0.25, 0.3) is 0 Å². The molecular formula is C14H17N3S2. The second-order valence-corrected chi connectivity index (χ2v) is 5.73. The first kappa shape index (κ1) is 14.0. The van der Waals surface area contributed by atoms with E-state index in [1.807, 2.05) is 13.0 Å². The van der Waals surface area contributed by atoms with E-state index in [0.717, 1.165) is 29.9 Å². The van der Waals surface area contributed by atoms with E-state index in [4.69, 9.17) is 18.0 Å². The normalized spacial score (nSPS) is 10.4. The van der Waals surface area contributed by atoms with Crippen molar-refractivity contribution in [2.24, 2.45) is 5.73 Å². The number of aromatic nitrogens is 1.